The van der Waals surface area contributed by atoms with Crippen LogP contribution < -0.4 is 4.74 Å². The van der Waals surface area contributed by atoms with Crippen molar-refractivity contribution in [2.45, 2.75) is 5.41 Å². The van der Waals surface area contributed by atoms with Crippen molar-refractivity contribution in [3.8, 4) is 67.7 Å². The Morgan fingerprint density at radius 1 is 0.328 bits per heavy atom. The number of rotatable bonds is 4. The number of hydrogen-bond donors (Lipinski definition) is 0. The maximum atomic E-state index is 7.18. The molecular weight excluding hydrogens is 705 g/mol. The van der Waals surface area contributed by atoms with Gasteiger partial charge in [0.05, 0.1) is 16.8 Å². The quantitative estimate of drug-likeness (QED) is 0.180. The second-order valence-electron chi connectivity index (χ2n) is 15.3. The van der Waals surface area contributed by atoms with E-state index in [1.54, 1.807) is 0 Å². The Bertz CT molecular complexity index is 3160. The number of benzene rings is 9. The summed E-state index contributed by atoms with van der Waals surface area (Å²) in [6, 6.07) is 73.7. The summed E-state index contributed by atoms with van der Waals surface area (Å²) in [6.07, 6.45) is 0. The Hall–Kier alpha value is -7.62. The van der Waals surface area contributed by atoms with Crippen LogP contribution in [0.2, 0.25) is 0 Å². The van der Waals surface area contributed by atoms with Crippen LogP contribution in [0.3, 0.4) is 0 Å². The molecule has 0 N–H and O–H groups in total. The third-order valence-electron chi connectivity index (χ3n) is 12.2. The van der Waals surface area contributed by atoms with Gasteiger partial charge in [-0.15, -0.1) is 0 Å². The molecule has 10 aromatic rings. The van der Waals surface area contributed by atoms with Crippen molar-refractivity contribution in [1.29, 1.82) is 0 Å². The van der Waals surface area contributed by atoms with E-state index < -0.39 is 5.41 Å². The molecule has 1 aromatic heterocycles. The Kier molecular flexibility index (Phi) is 7.14. The summed E-state index contributed by atoms with van der Waals surface area (Å²) in [5.74, 6) is 2.50. The number of aromatic nitrogens is 2. The summed E-state index contributed by atoms with van der Waals surface area (Å²) in [4.78, 5) is 10.5. The molecule has 1 aliphatic heterocycles. The summed E-state index contributed by atoms with van der Waals surface area (Å²) >= 11 is 0. The first-order chi connectivity index (χ1) is 28.7. The van der Waals surface area contributed by atoms with Crippen LogP contribution in [0.25, 0.3) is 77.7 Å². The van der Waals surface area contributed by atoms with Gasteiger partial charge >= 0.3 is 0 Å². The van der Waals surface area contributed by atoms with Crippen molar-refractivity contribution >= 4 is 21.5 Å². The minimum Gasteiger partial charge on any atom is -0.455 e. The molecule has 2 heterocycles. The van der Waals surface area contributed by atoms with Gasteiger partial charge in [-0.25, -0.2) is 9.97 Å². The van der Waals surface area contributed by atoms with Crippen LogP contribution >= 0.6 is 0 Å². The van der Waals surface area contributed by atoms with Gasteiger partial charge in [0.25, 0.3) is 0 Å². The van der Waals surface area contributed by atoms with Gasteiger partial charge in [0, 0.05) is 38.6 Å². The molecular formula is C55H34N2O. The fraction of sp³-hybridized carbons (Fsp3) is 0.0182. The number of fused-ring (bicyclic) bond motifs is 13. The van der Waals surface area contributed by atoms with Crippen molar-refractivity contribution in [3.05, 3.63) is 229 Å². The molecule has 270 valence electrons. The summed E-state index contributed by atoms with van der Waals surface area (Å²) in [5.41, 5.74) is 13.7. The molecule has 58 heavy (non-hydrogen) atoms. The molecule has 3 nitrogen and oxygen atoms in total. The van der Waals surface area contributed by atoms with Gasteiger partial charge < -0.3 is 4.74 Å². The Morgan fingerprint density at radius 3 is 1.50 bits per heavy atom. The molecule has 1 spiro atoms. The van der Waals surface area contributed by atoms with Crippen molar-refractivity contribution in [2.24, 2.45) is 0 Å². The SMILES string of the molecule is c1ccc(-c2ccc(-c3nc(-c4ccccc4)cc(-c4ccc5c(c4)C4(c6ccccc6-5)c5ccc6ccccc6c5Oc5c4ccc4ccccc54)n3)cc2)cc1. The van der Waals surface area contributed by atoms with E-state index in [9.17, 15) is 0 Å². The fourth-order valence-electron chi connectivity index (χ4n) is 9.49. The van der Waals surface area contributed by atoms with Gasteiger partial charge in [0.1, 0.15) is 11.5 Å². The van der Waals surface area contributed by atoms with Crippen LogP contribution in [-0.4, -0.2) is 9.97 Å². The lowest BCUT2D eigenvalue weighted by Crippen LogP contribution is -2.32. The average Bonchev–Trinajstić information content (AvgIpc) is 3.59. The molecule has 0 radical (unpaired) electrons. The van der Waals surface area contributed by atoms with Crippen molar-refractivity contribution in [2.75, 3.05) is 0 Å². The van der Waals surface area contributed by atoms with E-state index in [0.29, 0.717) is 5.82 Å². The lowest BCUT2D eigenvalue weighted by molar-refractivity contribution is 0.447. The third kappa shape index (κ3) is 4.80. The summed E-state index contributed by atoms with van der Waals surface area (Å²) < 4.78 is 7.18. The van der Waals surface area contributed by atoms with E-state index in [1.807, 2.05) is 12.1 Å². The van der Waals surface area contributed by atoms with Crippen LogP contribution in [0, 0.1) is 0 Å². The molecule has 0 saturated heterocycles. The van der Waals surface area contributed by atoms with Crippen LogP contribution in [0.1, 0.15) is 22.3 Å². The monoisotopic (exact) mass is 738 g/mol. The first-order valence-corrected chi connectivity index (χ1v) is 19.8. The normalized spacial score (nSPS) is 13.1. The van der Waals surface area contributed by atoms with Crippen molar-refractivity contribution in [3.63, 3.8) is 0 Å². The molecule has 12 rings (SSSR count). The van der Waals surface area contributed by atoms with E-state index in [2.05, 4.69) is 194 Å². The summed E-state index contributed by atoms with van der Waals surface area (Å²) in [5, 5.41) is 4.51. The Labute approximate surface area is 336 Å². The minimum atomic E-state index is -0.649. The largest absolute Gasteiger partial charge is 0.455 e. The Balaban J connectivity index is 1.12. The lowest BCUT2D eigenvalue weighted by Gasteiger charge is -2.40. The Morgan fingerprint density at radius 2 is 0.828 bits per heavy atom. The minimum absolute atomic E-state index is 0.649. The van der Waals surface area contributed by atoms with Gasteiger partial charge in [-0.05, 0) is 56.3 Å². The second-order valence-corrected chi connectivity index (χ2v) is 15.3. The fourth-order valence-corrected chi connectivity index (χ4v) is 9.49. The van der Waals surface area contributed by atoms with Crippen LogP contribution in [0.5, 0.6) is 11.5 Å². The van der Waals surface area contributed by atoms with E-state index in [4.69, 9.17) is 14.7 Å². The maximum Gasteiger partial charge on any atom is 0.160 e. The molecule has 0 fully saturated rings. The first kappa shape index (κ1) is 32.6. The molecule has 0 saturated carbocycles. The van der Waals surface area contributed by atoms with Crippen molar-refractivity contribution < 1.29 is 4.74 Å². The van der Waals surface area contributed by atoms with Gasteiger partial charge in [-0.1, -0.05) is 194 Å². The van der Waals surface area contributed by atoms with E-state index in [-0.39, 0.29) is 0 Å². The highest BCUT2D eigenvalue weighted by molar-refractivity contribution is 6.00. The van der Waals surface area contributed by atoms with Crippen LogP contribution in [-0.2, 0) is 5.41 Å². The van der Waals surface area contributed by atoms with Gasteiger partial charge in [-0.3, -0.25) is 0 Å². The molecule has 0 atom stereocenters. The zero-order chi connectivity index (χ0) is 38.2. The van der Waals surface area contributed by atoms with Crippen molar-refractivity contribution in [1.82, 2.24) is 9.97 Å². The van der Waals surface area contributed by atoms with Crippen LogP contribution in [0.4, 0.5) is 0 Å². The smallest absolute Gasteiger partial charge is 0.160 e. The molecule has 1 aliphatic carbocycles. The molecule has 0 bridgehead atoms. The molecule has 9 aromatic carbocycles. The summed E-state index contributed by atoms with van der Waals surface area (Å²) in [7, 11) is 0. The predicted molar refractivity (Wildman–Crippen MR) is 236 cm³/mol. The average molecular weight is 739 g/mol. The number of ether oxygens (including phenoxy) is 1. The maximum absolute atomic E-state index is 7.18. The van der Waals surface area contributed by atoms with Gasteiger partial charge in [-0.2, -0.15) is 0 Å². The van der Waals surface area contributed by atoms with E-state index >= 15 is 0 Å². The van der Waals surface area contributed by atoms with E-state index in [1.165, 1.54) is 27.8 Å². The van der Waals surface area contributed by atoms with Gasteiger partial charge in [0.2, 0.25) is 0 Å². The van der Waals surface area contributed by atoms with Crippen LogP contribution in [0.15, 0.2) is 206 Å². The first-order valence-electron chi connectivity index (χ1n) is 19.8. The zero-order valence-corrected chi connectivity index (χ0v) is 31.4. The molecule has 2 aliphatic rings. The standard InChI is InChI=1S/C55H34N2O/c1-3-13-35(14-4-1)36-23-25-40(26-24-36)54-56-50(39-17-5-2-6-18-39)34-51(57-54)41-27-30-45-44-21-11-12-22-46(44)55(49(45)33-41)47-31-28-37-15-7-9-19-42(37)52(47)58-53-43-20-10-8-16-38(43)29-32-48(53)55/h1-34H. The highest BCUT2D eigenvalue weighted by atomic mass is 16.5. The predicted octanol–water partition coefficient (Wildman–Crippen LogP) is 13.9. The zero-order valence-electron chi connectivity index (χ0n) is 31.4. The second kappa shape index (κ2) is 12.7. The number of nitrogens with zero attached hydrogens (tertiary/aromatic N) is 2. The summed E-state index contributed by atoms with van der Waals surface area (Å²) in [6.45, 7) is 0. The lowest BCUT2D eigenvalue weighted by atomic mass is 9.65. The number of hydrogen-bond acceptors (Lipinski definition) is 3. The van der Waals surface area contributed by atoms with E-state index in [0.717, 1.165) is 77.8 Å². The molecule has 0 amide bonds. The molecule has 0 unspecified atom stereocenters. The highest BCUT2D eigenvalue weighted by Crippen LogP contribution is 2.64. The topological polar surface area (TPSA) is 35.0 Å². The third-order valence-corrected chi connectivity index (χ3v) is 12.2. The molecule has 3 heteroatoms. The highest BCUT2D eigenvalue weighted by Gasteiger charge is 2.52. The van der Waals surface area contributed by atoms with Gasteiger partial charge in [0.15, 0.2) is 5.82 Å².